The Balaban J connectivity index is 1.98. The summed E-state index contributed by atoms with van der Waals surface area (Å²) in [4.78, 5) is 0. The standard InChI is InChI=1S/C19H25NO/c1-4-15-5-7-16(8-6-15)13-18(20-2)14-17-9-11-19(21-3)12-10-17/h5-12,18,20H,4,13-14H2,1-3H3. The number of hydrogen-bond acceptors (Lipinski definition) is 2. The molecule has 0 heterocycles. The van der Waals surface area contributed by atoms with Gasteiger partial charge in [-0.25, -0.2) is 0 Å². The molecule has 0 fully saturated rings. The molecule has 1 atom stereocenters. The Morgan fingerprint density at radius 2 is 1.33 bits per heavy atom. The second kappa shape index (κ2) is 7.84. The number of aryl methyl sites for hydroxylation is 1. The van der Waals surface area contributed by atoms with Crippen molar-refractivity contribution in [2.45, 2.75) is 32.2 Å². The van der Waals surface area contributed by atoms with Gasteiger partial charge in [0.1, 0.15) is 5.75 Å². The van der Waals surface area contributed by atoms with Gasteiger partial charge < -0.3 is 10.1 Å². The van der Waals surface area contributed by atoms with Gasteiger partial charge in [0.2, 0.25) is 0 Å². The zero-order valence-corrected chi connectivity index (χ0v) is 13.2. The zero-order valence-electron chi connectivity index (χ0n) is 13.2. The molecule has 0 spiro atoms. The predicted octanol–water partition coefficient (Wildman–Crippen LogP) is 3.63. The Bertz CT molecular complexity index is 481. The molecule has 2 aromatic carbocycles. The van der Waals surface area contributed by atoms with Gasteiger partial charge in [0, 0.05) is 6.04 Å². The average Bonchev–Trinajstić information content (AvgIpc) is 2.55. The van der Waals surface area contributed by atoms with Crippen LogP contribution in [0.1, 0.15) is 23.6 Å². The highest BCUT2D eigenvalue weighted by molar-refractivity contribution is 5.28. The second-order valence-electron chi connectivity index (χ2n) is 5.41. The normalized spacial score (nSPS) is 12.1. The van der Waals surface area contributed by atoms with E-state index >= 15 is 0 Å². The van der Waals surface area contributed by atoms with Crippen LogP contribution in [0.3, 0.4) is 0 Å². The summed E-state index contributed by atoms with van der Waals surface area (Å²) in [6.45, 7) is 2.19. The lowest BCUT2D eigenvalue weighted by atomic mass is 9.98. The van der Waals surface area contributed by atoms with E-state index in [0.717, 1.165) is 25.0 Å². The number of benzene rings is 2. The molecule has 1 unspecified atom stereocenters. The molecule has 0 aliphatic heterocycles. The Labute approximate surface area is 128 Å². The fraction of sp³-hybridized carbons (Fsp3) is 0.368. The minimum absolute atomic E-state index is 0.450. The fourth-order valence-electron chi connectivity index (χ4n) is 2.52. The molecular formula is C19H25NO. The minimum atomic E-state index is 0.450. The van der Waals surface area contributed by atoms with Crippen LogP contribution in [-0.2, 0) is 19.3 Å². The van der Waals surface area contributed by atoms with Crippen LogP contribution >= 0.6 is 0 Å². The number of hydrogen-bond donors (Lipinski definition) is 1. The molecule has 2 nitrogen and oxygen atoms in total. The molecule has 0 aromatic heterocycles. The average molecular weight is 283 g/mol. The number of methoxy groups -OCH3 is 1. The maximum Gasteiger partial charge on any atom is 0.118 e. The topological polar surface area (TPSA) is 21.3 Å². The predicted molar refractivity (Wildman–Crippen MR) is 89.1 cm³/mol. The van der Waals surface area contributed by atoms with Gasteiger partial charge in [-0.3, -0.25) is 0 Å². The van der Waals surface area contributed by atoms with Gasteiger partial charge in [0.15, 0.2) is 0 Å². The number of likely N-dealkylation sites (N-methyl/N-ethyl adjacent to an activating group) is 1. The van der Waals surface area contributed by atoms with Crippen LogP contribution in [0.2, 0.25) is 0 Å². The Hall–Kier alpha value is -1.80. The van der Waals surface area contributed by atoms with Crippen molar-refractivity contribution in [1.29, 1.82) is 0 Å². The quantitative estimate of drug-likeness (QED) is 0.838. The summed E-state index contributed by atoms with van der Waals surface area (Å²) in [7, 11) is 3.74. The Morgan fingerprint density at radius 3 is 1.76 bits per heavy atom. The van der Waals surface area contributed by atoms with E-state index in [-0.39, 0.29) is 0 Å². The van der Waals surface area contributed by atoms with Gasteiger partial charge in [-0.15, -0.1) is 0 Å². The molecule has 0 radical (unpaired) electrons. The summed E-state index contributed by atoms with van der Waals surface area (Å²) in [6.07, 6.45) is 3.17. The monoisotopic (exact) mass is 283 g/mol. The molecule has 1 N–H and O–H groups in total. The van der Waals surface area contributed by atoms with E-state index in [1.165, 1.54) is 16.7 Å². The molecule has 0 saturated carbocycles. The summed E-state index contributed by atoms with van der Waals surface area (Å²) < 4.78 is 5.20. The van der Waals surface area contributed by atoms with E-state index in [1.54, 1.807) is 7.11 Å². The van der Waals surface area contributed by atoms with Gasteiger partial charge in [-0.2, -0.15) is 0 Å². The smallest absolute Gasteiger partial charge is 0.118 e. The van der Waals surface area contributed by atoms with E-state index in [2.05, 4.69) is 48.6 Å². The van der Waals surface area contributed by atoms with Crippen molar-refractivity contribution in [2.75, 3.05) is 14.2 Å². The lowest BCUT2D eigenvalue weighted by Crippen LogP contribution is -2.29. The van der Waals surface area contributed by atoms with Crippen molar-refractivity contribution < 1.29 is 4.74 Å². The van der Waals surface area contributed by atoms with Crippen LogP contribution in [0, 0.1) is 0 Å². The zero-order chi connectivity index (χ0) is 15.1. The van der Waals surface area contributed by atoms with Crippen molar-refractivity contribution in [3.63, 3.8) is 0 Å². The third kappa shape index (κ3) is 4.61. The lowest BCUT2D eigenvalue weighted by Gasteiger charge is -2.17. The van der Waals surface area contributed by atoms with Gasteiger partial charge >= 0.3 is 0 Å². The highest BCUT2D eigenvalue weighted by atomic mass is 16.5. The minimum Gasteiger partial charge on any atom is -0.497 e. The molecular weight excluding hydrogens is 258 g/mol. The van der Waals surface area contributed by atoms with Crippen molar-refractivity contribution in [1.82, 2.24) is 5.32 Å². The van der Waals surface area contributed by atoms with E-state index in [9.17, 15) is 0 Å². The van der Waals surface area contributed by atoms with Crippen LogP contribution in [-0.4, -0.2) is 20.2 Å². The van der Waals surface area contributed by atoms with E-state index in [4.69, 9.17) is 4.74 Å². The lowest BCUT2D eigenvalue weighted by molar-refractivity contribution is 0.414. The highest BCUT2D eigenvalue weighted by Gasteiger charge is 2.08. The number of nitrogens with one attached hydrogen (secondary N) is 1. The van der Waals surface area contributed by atoms with Crippen molar-refractivity contribution in [2.24, 2.45) is 0 Å². The summed E-state index contributed by atoms with van der Waals surface area (Å²) in [5.74, 6) is 0.912. The van der Waals surface area contributed by atoms with Crippen molar-refractivity contribution >= 4 is 0 Å². The molecule has 2 rings (SSSR count). The molecule has 0 aliphatic rings. The second-order valence-corrected chi connectivity index (χ2v) is 5.41. The molecule has 112 valence electrons. The third-order valence-electron chi connectivity index (χ3n) is 3.96. The van der Waals surface area contributed by atoms with Crippen molar-refractivity contribution in [3.8, 4) is 5.75 Å². The third-order valence-corrected chi connectivity index (χ3v) is 3.96. The SMILES string of the molecule is CCc1ccc(CC(Cc2ccc(OC)cc2)NC)cc1. The van der Waals surface area contributed by atoms with Crippen LogP contribution in [0.5, 0.6) is 5.75 Å². The summed E-state index contributed by atoms with van der Waals surface area (Å²) in [5, 5.41) is 3.42. The van der Waals surface area contributed by atoms with Crippen LogP contribution in [0.15, 0.2) is 48.5 Å². The van der Waals surface area contributed by atoms with Crippen LogP contribution in [0.25, 0.3) is 0 Å². The van der Waals surface area contributed by atoms with E-state index in [0.29, 0.717) is 6.04 Å². The number of ether oxygens (including phenoxy) is 1. The molecule has 0 bridgehead atoms. The molecule has 0 amide bonds. The van der Waals surface area contributed by atoms with Gasteiger partial charge in [0.05, 0.1) is 7.11 Å². The maximum atomic E-state index is 5.20. The van der Waals surface area contributed by atoms with Crippen molar-refractivity contribution in [3.05, 3.63) is 65.2 Å². The van der Waals surface area contributed by atoms with Crippen LogP contribution < -0.4 is 10.1 Å². The first-order chi connectivity index (χ1) is 10.2. The molecule has 0 aliphatic carbocycles. The summed E-state index contributed by atoms with van der Waals surface area (Å²) in [6, 6.07) is 17.7. The Morgan fingerprint density at radius 1 is 0.857 bits per heavy atom. The van der Waals surface area contributed by atoms with E-state index < -0.39 is 0 Å². The molecule has 2 aromatic rings. The van der Waals surface area contributed by atoms with Gasteiger partial charge in [0.25, 0.3) is 0 Å². The first kappa shape index (κ1) is 15.6. The van der Waals surface area contributed by atoms with Gasteiger partial charge in [-0.1, -0.05) is 43.3 Å². The van der Waals surface area contributed by atoms with Gasteiger partial charge in [-0.05, 0) is 55.1 Å². The summed E-state index contributed by atoms with van der Waals surface area (Å²) in [5.41, 5.74) is 4.12. The maximum absolute atomic E-state index is 5.20. The fourth-order valence-corrected chi connectivity index (χ4v) is 2.52. The first-order valence-corrected chi connectivity index (χ1v) is 7.63. The highest BCUT2D eigenvalue weighted by Crippen LogP contribution is 2.15. The number of rotatable bonds is 7. The molecule has 0 saturated heterocycles. The first-order valence-electron chi connectivity index (χ1n) is 7.63. The summed E-state index contributed by atoms with van der Waals surface area (Å²) >= 11 is 0. The largest absolute Gasteiger partial charge is 0.497 e. The van der Waals surface area contributed by atoms with Crippen LogP contribution in [0.4, 0.5) is 0 Å². The molecule has 2 heteroatoms. The molecule has 21 heavy (non-hydrogen) atoms. The van der Waals surface area contributed by atoms with E-state index in [1.807, 2.05) is 19.2 Å². The Kier molecular flexibility index (Phi) is 5.82.